The van der Waals surface area contributed by atoms with Crippen LogP contribution in [-0.4, -0.2) is 22.5 Å². The summed E-state index contributed by atoms with van der Waals surface area (Å²) in [6.45, 7) is 4.03. The molecule has 2 nitrogen and oxygen atoms in total. The van der Waals surface area contributed by atoms with Gasteiger partial charge >= 0.3 is 6.18 Å². The van der Waals surface area contributed by atoms with Crippen LogP contribution in [0.2, 0.25) is 0 Å². The Morgan fingerprint density at radius 3 is 2.62 bits per heavy atom. The van der Waals surface area contributed by atoms with Gasteiger partial charge < -0.3 is 11.1 Å². The Morgan fingerprint density at radius 2 is 2.10 bits per heavy atom. The molecule has 0 aromatic heterocycles. The third kappa shape index (κ3) is 5.74. The average Bonchev–Trinajstić information content (AvgIpc) is 2.37. The van der Waals surface area contributed by atoms with E-state index in [-0.39, 0.29) is 16.6 Å². The van der Waals surface area contributed by atoms with E-state index in [9.17, 15) is 13.2 Å². The second-order valence-corrected chi connectivity index (χ2v) is 6.49. The molecule has 0 heterocycles. The van der Waals surface area contributed by atoms with Crippen molar-refractivity contribution >= 4 is 34.7 Å². The van der Waals surface area contributed by atoms with Gasteiger partial charge in [0.2, 0.25) is 0 Å². The van der Waals surface area contributed by atoms with Crippen LogP contribution in [0.3, 0.4) is 0 Å². The highest BCUT2D eigenvalue weighted by molar-refractivity contribution is 7.99. The monoisotopic (exact) mass is 336 g/mol. The van der Waals surface area contributed by atoms with Gasteiger partial charge in [-0.25, -0.2) is 0 Å². The number of alkyl halides is 3. The summed E-state index contributed by atoms with van der Waals surface area (Å²) in [6.07, 6.45) is -3.59. The lowest BCUT2D eigenvalue weighted by atomic mass is 10.1. The van der Waals surface area contributed by atoms with E-state index in [0.29, 0.717) is 5.69 Å². The van der Waals surface area contributed by atoms with E-state index in [1.54, 1.807) is 6.07 Å². The van der Waals surface area contributed by atoms with Crippen LogP contribution < -0.4 is 11.1 Å². The fraction of sp³-hybridized carbons (Fsp3) is 0.500. The number of nitrogens with one attached hydrogen (secondary N) is 1. The fourth-order valence-electron chi connectivity index (χ4n) is 1.84. The molecule has 3 N–H and O–H groups in total. The van der Waals surface area contributed by atoms with Crippen molar-refractivity contribution in [1.29, 1.82) is 0 Å². The van der Waals surface area contributed by atoms with E-state index >= 15 is 0 Å². The lowest BCUT2D eigenvalue weighted by molar-refractivity contribution is -0.137. The van der Waals surface area contributed by atoms with Crippen molar-refractivity contribution in [3.63, 3.8) is 0 Å². The molecule has 1 aromatic carbocycles. The van der Waals surface area contributed by atoms with Gasteiger partial charge in [0.15, 0.2) is 0 Å². The summed E-state index contributed by atoms with van der Waals surface area (Å²) in [5.41, 5.74) is 4.84. The lowest BCUT2D eigenvalue weighted by Crippen LogP contribution is -2.20. The number of thiocarbonyl (C=S) groups is 1. The number of benzene rings is 1. The van der Waals surface area contributed by atoms with Gasteiger partial charge in [0, 0.05) is 17.3 Å². The number of thioether (sulfide) groups is 1. The molecule has 21 heavy (non-hydrogen) atoms. The number of rotatable bonds is 7. The normalized spacial score (nSPS) is 13.0. The minimum absolute atomic E-state index is 0.0980. The van der Waals surface area contributed by atoms with Crippen LogP contribution in [0, 0.1) is 0 Å². The first-order chi connectivity index (χ1) is 9.75. The second-order valence-electron chi connectivity index (χ2n) is 4.65. The molecule has 1 unspecified atom stereocenters. The summed E-state index contributed by atoms with van der Waals surface area (Å²) in [6, 6.07) is 4.06. The second kappa shape index (κ2) is 7.89. The highest BCUT2D eigenvalue weighted by atomic mass is 32.2. The summed E-state index contributed by atoms with van der Waals surface area (Å²) >= 11 is 6.48. The third-order valence-corrected chi connectivity index (χ3v) is 4.06. The largest absolute Gasteiger partial charge is 0.417 e. The molecule has 0 fully saturated rings. The Hall–Kier alpha value is -0.950. The van der Waals surface area contributed by atoms with E-state index in [1.165, 1.54) is 6.07 Å². The van der Waals surface area contributed by atoms with Gasteiger partial charge in [-0.3, -0.25) is 0 Å². The van der Waals surface area contributed by atoms with Crippen molar-refractivity contribution in [2.75, 3.05) is 16.8 Å². The quantitative estimate of drug-likeness (QED) is 0.576. The molecule has 0 saturated heterocycles. The number of hydrogen-bond donors (Lipinski definition) is 2. The van der Waals surface area contributed by atoms with Crippen molar-refractivity contribution < 1.29 is 13.2 Å². The summed E-state index contributed by atoms with van der Waals surface area (Å²) in [5.74, 6) is 2.01. The predicted octanol–water partition coefficient (Wildman–Crippen LogP) is 4.28. The molecule has 0 saturated carbocycles. The lowest BCUT2D eigenvalue weighted by Gasteiger charge is -2.18. The summed E-state index contributed by atoms with van der Waals surface area (Å²) in [4.78, 5) is -0.249. The van der Waals surface area contributed by atoms with Crippen LogP contribution in [0.4, 0.5) is 18.9 Å². The van der Waals surface area contributed by atoms with Crippen molar-refractivity contribution in [3.05, 3.63) is 29.3 Å². The summed E-state index contributed by atoms with van der Waals surface area (Å²) < 4.78 is 39.1. The van der Waals surface area contributed by atoms with Gasteiger partial charge in [0.1, 0.15) is 4.99 Å². The minimum Gasteiger partial charge on any atom is -0.389 e. The van der Waals surface area contributed by atoms with Crippen LogP contribution in [0.25, 0.3) is 0 Å². The predicted molar refractivity (Wildman–Crippen MR) is 88.0 cm³/mol. The molecule has 0 radical (unpaired) electrons. The molecule has 0 spiro atoms. The molecule has 0 aliphatic carbocycles. The Bertz CT molecular complexity index is 490. The van der Waals surface area contributed by atoms with Gasteiger partial charge in [-0.2, -0.15) is 24.9 Å². The van der Waals surface area contributed by atoms with Crippen molar-refractivity contribution in [1.82, 2.24) is 0 Å². The van der Waals surface area contributed by atoms with Crippen molar-refractivity contribution in [2.45, 2.75) is 32.5 Å². The van der Waals surface area contributed by atoms with Crippen LogP contribution in [0.5, 0.6) is 0 Å². The molecular weight excluding hydrogens is 317 g/mol. The smallest absolute Gasteiger partial charge is 0.389 e. The van der Waals surface area contributed by atoms with Gasteiger partial charge in [-0.15, -0.1) is 0 Å². The van der Waals surface area contributed by atoms with Crippen molar-refractivity contribution in [2.24, 2.45) is 5.73 Å². The molecule has 118 valence electrons. The SMILES string of the molecule is CCSCCC(C)Nc1ccc(C(N)=S)c(C(F)(F)F)c1. The molecule has 0 aliphatic heterocycles. The molecule has 1 rings (SSSR count). The Morgan fingerprint density at radius 1 is 1.43 bits per heavy atom. The van der Waals surface area contributed by atoms with E-state index < -0.39 is 11.7 Å². The Balaban J connectivity index is 2.88. The Labute approximate surface area is 132 Å². The maximum atomic E-state index is 13.0. The summed E-state index contributed by atoms with van der Waals surface area (Å²) in [7, 11) is 0. The highest BCUT2D eigenvalue weighted by Crippen LogP contribution is 2.34. The first-order valence-electron chi connectivity index (χ1n) is 6.61. The molecular formula is C14H19F3N2S2. The van der Waals surface area contributed by atoms with Crippen LogP contribution >= 0.6 is 24.0 Å². The third-order valence-electron chi connectivity index (χ3n) is 2.90. The Kier molecular flexibility index (Phi) is 6.80. The summed E-state index contributed by atoms with van der Waals surface area (Å²) in [5, 5.41) is 3.08. The zero-order chi connectivity index (χ0) is 16.0. The average molecular weight is 336 g/mol. The zero-order valence-corrected chi connectivity index (χ0v) is 13.6. The molecule has 1 atom stereocenters. The topological polar surface area (TPSA) is 38.0 Å². The van der Waals surface area contributed by atoms with E-state index in [0.717, 1.165) is 24.0 Å². The van der Waals surface area contributed by atoms with E-state index in [1.807, 2.05) is 18.7 Å². The number of anilines is 1. The number of nitrogens with two attached hydrogens (primary N) is 1. The van der Waals surface area contributed by atoms with Gasteiger partial charge in [-0.1, -0.05) is 19.1 Å². The minimum atomic E-state index is -4.47. The zero-order valence-electron chi connectivity index (χ0n) is 12.0. The maximum Gasteiger partial charge on any atom is 0.417 e. The maximum absolute atomic E-state index is 13.0. The van der Waals surface area contributed by atoms with Crippen LogP contribution in [-0.2, 0) is 6.18 Å². The van der Waals surface area contributed by atoms with E-state index in [2.05, 4.69) is 24.5 Å². The number of hydrogen-bond acceptors (Lipinski definition) is 3. The van der Waals surface area contributed by atoms with E-state index in [4.69, 9.17) is 5.73 Å². The number of halogens is 3. The molecule has 0 amide bonds. The first-order valence-corrected chi connectivity index (χ1v) is 8.17. The fourth-order valence-corrected chi connectivity index (χ4v) is 2.83. The van der Waals surface area contributed by atoms with Gasteiger partial charge in [0.05, 0.1) is 5.56 Å². The standard InChI is InChI=1S/C14H19F3N2S2/c1-3-21-7-6-9(2)19-10-4-5-11(13(18)20)12(8-10)14(15,16)17/h4-5,8-9,19H,3,6-7H2,1-2H3,(H2,18,20). The molecule has 0 bridgehead atoms. The van der Waals surface area contributed by atoms with Crippen molar-refractivity contribution in [3.8, 4) is 0 Å². The van der Waals surface area contributed by atoms with Gasteiger partial charge in [0.25, 0.3) is 0 Å². The molecule has 0 aliphatic rings. The molecule has 1 aromatic rings. The highest BCUT2D eigenvalue weighted by Gasteiger charge is 2.34. The van der Waals surface area contributed by atoms with Gasteiger partial charge in [-0.05, 0) is 43.0 Å². The molecule has 7 heteroatoms. The van der Waals surface area contributed by atoms with Crippen LogP contribution in [0.15, 0.2) is 18.2 Å². The van der Waals surface area contributed by atoms with Crippen LogP contribution in [0.1, 0.15) is 31.4 Å². The first kappa shape index (κ1) is 18.1.